The van der Waals surface area contributed by atoms with Gasteiger partial charge < -0.3 is 0 Å². The van der Waals surface area contributed by atoms with E-state index >= 15 is 0 Å². The Labute approximate surface area is 106 Å². The van der Waals surface area contributed by atoms with Gasteiger partial charge >= 0.3 is 0 Å². The second kappa shape index (κ2) is 4.15. The molecule has 0 heterocycles. The number of hydrogen-bond donors (Lipinski definition) is 0. The first kappa shape index (κ1) is 12.7. The number of benzene rings is 1. The van der Waals surface area contributed by atoms with E-state index in [1.807, 2.05) is 0 Å². The van der Waals surface area contributed by atoms with E-state index in [1.54, 1.807) is 11.1 Å². The zero-order chi connectivity index (χ0) is 12.7. The normalized spacial score (nSPS) is 32.3. The molecule has 1 aliphatic rings. The van der Waals surface area contributed by atoms with Gasteiger partial charge in [-0.1, -0.05) is 51.5 Å². The number of hydrogen-bond acceptors (Lipinski definition) is 0. The van der Waals surface area contributed by atoms with Crippen LogP contribution in [0.15, 0.2) is 18.2 Å². The number of fused-ring (bicyclic) bond motifs is 1. The summed E-state index contributed by atoms with van der Waals surface area (Å²) in [5.74, 6) is 0. The predicted octanol–water partition coefficient (Wildman–Crippen LogP) is 5.12. The quantitative estimate of drug-likeness (QED) is 0.661. The average molecular weight is 230 g/mol. The molecule has 1 aliphatic carbocycles. The van der Waals surface area contributed by atoms with Crippen LogP contribution in [-0.4, -0.2) is 0 Å². The summed E-state index contributed by atoms with van der Waals surface area (Å²) in [6, 6.07) is 7.11. The smallest absolute Gasteiger partial charge is 0.00745 e. The first-order valence-electron chi connectivity index (χ1n) is 7.07. The Morgan fingerprint density at radius 2 is 1.47 bits per heavy atom. The van der Waals surface area contributed by atoms with Crippen LogP contribution in [0.25, 0.3) is 0 Å². The van der Waals surface area contributed by atoms with Crippen molar-refractivity contribution < 1.29 is 0 Å². The molecule has 0 radical (unpaired) electrons. The Kier molecular flexibility index (Phi) is 3.10. The van der Waals surface area contributed by atoms with Gasteiger partial charge in [-0.15, -0.1) is 0 Å². The minimum Gasteiger partial charge on any atom is -0.0645 e. The summed E-state index contributed by atoms with van der Waals surface area (Å²) in [6.45, 7) is 11.8. The van der Waals surface area contributed by atoms with Crippen molar-refractivity contribution in [1.82, 2.24) is 0 Å². The molecule has 2 rings (SSSR count). The lowest BCUT2D eigenvalue weighted by Gasteiger charge is -2.45. The molecule has 0 heteroatoms. The summed E-state index contributed by atoms with van der Waals surface area (Å²) >= 11 is 0. The third-order valence-corrected chi connectivity index (χ3v) is 5.26. The summed E-state index contributed by atoms with van der Waals surface area (Å²) < 4.78 is 0. The lowest BCUT2D eigenvalue weighted by molar-refractivity contribution is 0.283. The first-order chi connectivity index (χ1) is 7.95. The van der Waals surface area contributed by atoms with Gasteiger partial charge in [0.25, 0.3) is 0 Å². The van der Waals surface area contributed by atoms with E-state index in [0.717, 1.165) is 0 Å². The maximum Gasteiger partial charge on any atom is -0.00745 e. The van der Waals surface area contributed by atoms with Crippen LogP contribution in [0.2, 0.25) is 0 Å². The van der Waals surface area contributed by atoms with E-state index < -0.39 is 0 Å². The Morgan fingerprint density at radius 1 is 0.941 bits per heavy atom. The van der Waals surface area contributed by atoms with Crippen molar-refractivity contribution in [1.29, 1.82) is 0 Å². The van der Waals surface area contributed by atoms with Gasteiger partial charge in [0, 0.05) is 0 Å². The van der Waals surface area contributed by atoms with Gasteiger partial charge in [-0.3, -0.25) is 0 Å². The van der Waals surface area contributed by atoms with E-state index in [0.29, 0.717) is 10.8 Å². The van der Waals surface area contributed by atoms with Gasteiger partial charge in [-0.25, -0.2) is 0 Å². The SMILES string of the molecule is CC[C@@]1(C)CC[C@](C)(CC)c2cc(C)ccc21. The molecular formula is C17H26. The van der Waals surface area contributed by atoms with Crippen LogP contribution in [0.4, 0.5) is 0 Å². The Morgan fingerprint density at radius 3 is 2.00 bits per heavy atom. The highest BCUT2D eigenvalue weighted by Crippen LogP contribution is 2.49. The van der Waals surface area contributed by atoms with Gasteiger partial charge in [-0.2, -0.15) is 0 Å². The number of rotatable bonds is 2. The van der Waals surface area contributed by atoms with E-state index in [-0.39, 0.29) is 0 Å². The molecule has 0 N–H and O–H groups in total. The Hall–Kier alpha value is -0.780. The van der Waals surface area contributed by atoms with Crippen molar-refractivity contribution in [2.24, 2.45) is 0 Å². The van der Waals surface area contributed by atoms with Crippen LogP contribution >= 0.6 is 0 Å². The summed E-state index contributed by atoms with van der Waals surface area (Å²) in [5, 5.41) is 0. The summed E-state index contributed by atoms with van der Waals surface area (Å²) in [7, 11) is 0. The highest BCUT2D eigenvalue weighted by Gasteiger charge is 2.39. The molecule has 0 amide bonds. The fraction of sp³-hybridized carbons (Fsp3) is 0.647. The predicted molar refractivity (Wildman–Crippen MR) is 75.7 cm³/mol. The molecule has 2 atom stereocenters. The van der Waals surface area contributed by atoms with Gasteiger partial charge in [0.1, 0.15) is 0 Å². The van der Waals surface area contributed by atoms with Crippen LogP contribution < -0.4 is 0 Å². The van der Waals surface area contributed by atoms with E-state index in [1.165, 1.54) is 31.2 Å². The molecule has 0 saturated carbocycles. The van der Waals surface area contributed by atoms with Crippen LogP contribution in [0.3, 0.4) is 0 Å². The van der Waals surface area contributed by atoms with Crippen LogP contribution in [0.1, 0.15) is 70.1 Å². The zero-order valence-corrected chi connectivity index (χ0v) is 12.1. The lowest BCUT2D eigenvalue weighted by Crippen LogP contribution is -2.36. The van der Waals surface area contributed by atoms with E-state index in [2.05, 4.69) is 52.8 Å². The van der Waals surface area contributed by atoms with Crippen molar-refractivity contribution in [2.75, 3.05) is 0 Å². The molecule has 17 heavy (non-hydrogen) atoms. The van der Waals surface area contributed by atoms with Crippen molar-refractivity contribution in [3.63, 3.8) is 0 Å². The van der Waals surface area contributed by atoms with Crippen molar-refractivity contribution in [3.8, 4) is 0 Å². The van der Waals surface area contributed by atoms with Gasteiger partial charge in [0.15, 0.2) is 0 Å². The maximum atomic E-state index is 2.44. The fourth-order valence-electron chi connectivity index (χ4n) is 3.24. The molecule has 0 aromatic heterocycles. The second-order valence-corrected chi connectivity index (χ2v) is 6.38. The Bertz CT molecular complexity index is 418. The minimum atomic E-state index is 0.399. The summed E-state index contributed by atoms with van der Waals surface area (Å²) in [6.07, 6.45) is 5.18. The van der Waals surface area contributed by atoms with E-state index in [9.17, 15) is 0 Å². The van der Waals surface area contributed by atoms with Crippen LogP contribution in [0, 0.1) is 6.92 Å². The zero-order valence-electron chi connectivity index (χ0n) is 12.1. The van der Waals surface area contributed by atoms with Crippen molar-refractivity contribution in [2.45, 2.75) is 71.1 Å². The standard InChI is InChI=1S/C17H26/c1-6-16(4)10-11-17(5,7-2)15-12-13(3)8-9-14(15)16/h8-9,12H,6-7,10-11H2,1-5H3/t16-,17-/m0/s1. The molecule has 0 bridgehead atoms. The monoisotopic (exact) mass is 230 g/mol. The largest absolute Gasteiger partial charge is 0.0645 e. The highest BCUT2D eigenvalue weighted by atomic mass is 14.4. The van der Waals surface area contributed by atoms with Gasteiger partial charge in [-0.05, 0) is 54.6 Å². The van der Waals surface area contributed by atoms with Gasteiger partial charge in [0.2, 0.25) is 0 Å². The number of aryl methyl sites for hydroxylation is 1. The molecule has 94 valence electrons. The summed E-state index contributed by atoms with van der Waals surface area (Å²) in [5.41, 5.74) is 5.44. The molecular weight excluding hydrogens is 204 g/mol. The average Bonchev–Trinajstić information content (AvgIpc) is 2.34. The highest BCUT2D eigenvalue weighted by molar-refractivity contribution is 5.44. The third-order valence-electron chi connectivity index (χ3n) is 5.26. The van der Waals surface area contributed by atoms with E-state index in [4.69, 9.17) is 0 Å². The molecule has 1 aromatic carbocycles. The van der Waals surface area contributed by atoms with Crippen LogP contribution in [-0.2, 0) is 10.8 Å². The molecule has 1 aromatic rings. The summed E-state index contributed by atoms with van der Waals surface area (Å²) in [4.78, 5) is 0. The molecule has 0 spiro atoms. The molecule has 0 nitrogen and oxygen atoms in total. The van der Waals surface area contributed by atoms with Crippen molar-refractivity contribution >= 4 is 0 Å². The molecule has 0 unspecified atom stereocenters. The topological polar surface area (TPSA) is 0 Å². The molecule has 0 aliphatic heterocycles. The molecule has 0 saturated heterocycles. The van der Waals surface area contributed by atoms with Crippen molar-refractivity contribution in [3.05, 3.63) is 34.9 Å². The minimum absolute atomic E-state index is 0.399. The first-order valence-corrected chi connectivity index (χ1v) is 7.07. The van der Waals surface area contributed by atoms with Gasteiger partial charge in [0.05, 0.1) is 0 Å². The lowest BCUT2D eigenvalue weighted by atomic mass is 9.60. The Balaban J connectivity index is 2.62. The fourth-order valence-corrected chi connectivity index (χ4v) is 3.24. The van der Waals surface area contributed by atoms with Crippen LogP contribution in [0.5, 0.6) is 0 Å². The maximum absolute atomic E-state index is 2.44. The second-order valence-electron chi connectivity index (χ2n) is 6.38. The third kappa shape index (κ3) is 1.92. The molecule has 0 fully saturated rings.